The second-order valence-electron chi connectivity index (χ2n) is 4.35. The van der Waals surface area contributed by atoms with Crippen molar-refractivity contribution in [2.45, 2.75) is 25.9 Å². The molecule has 0 bridgehead atoms. The quantitative estimate of drug-likeness (QED) is 0.832. The molecule has 1 fully saturated rings. The normalized spacial score (nSPS) is 23.6. The van der Waals surface area contributed by atoms with E-state index in [9.17, 15) is 4.79 Å². The van der Waals surface area contributed by atoms with Crippen molar-refractivity contribution in [3.05, 3.63) is 35.9 Å². The second-order valence-corrected chi connectivity index (χ2v) is 4.35. The molecule has 0 aliphatic carbocycles. The molecular formula is C14H19NO3. The Labute approximate surface area is 107 Å². The van der Waals surface area contributed by atoms with E-state index in [2.05, 4.69) is 5.48 Å². The van der Waals surface area contributed by atoms with E-state index in [1.807, 2.05) is 37.3 Å². The summed E-state index contributed by atoms with van der Waals surface area (Å²) in [6.45, 7) is 3.01. The van der Waals surface area contributed by atoms with E-state index in [4.69, 9.17) is 9.57 Å². The molecule has 1 heterocycles. The Balaban J connectivity index is 2.09. The maximum absolute atomic E-state index is 12.0. The number of benzene rings is 1. The molecule has 0 saturated carbocycles. The molecule has 1 amide bonds. The molecule has 0 unspecified atom stereocenters. The highest BCUT2D eigenvalue weighted by Crippen LogP contribution is 2.33. The predicted molar refractivity (Wildman–Crippen MR) is 67.6 cm³/mol. The van der Waals surface area contributed by atoms with Gasteiger partial charge >= 0.3 is 0 Å². The number of hydroxylamine groups is 1. The molecule has 1 aromatic rings. The number of rotatable bonds is 4. The van der Waals surface area contributed by atoms with Gasteiger partial charge < -0.3 is 4.74 Å². The van der Waals surface area contributed by atoms with Crippen molar-refractivity contribution in [3.63, 3.8) is 0 Å². The number of carbonyl (C=O) groups excluding carboxylic acids is 1. The van der Waals surface area contributed by atoms with Gasteiger partial charge in [-0.05, 0) is 25.3 Å². The summed E-state index contributed by atoms with van der Waals surface area (Å²) >= 11 is 0. The van der Waals surface area contributed by atoms with E-state index >= 15 is 0 Å². The molecule has 0 spiro atoms. The van der Waals surface area contributed by atoms with E-state index in [0.29, 0.717) is 13.2 Å². The van der Waals surface area contributed by atoms with Gasteiger partial charge in [-0.25, -0.2) is 5.48 Å². The van der Waals surface area contributed by atoms with Gasteiger partial charge in [-0.2, -0.15) is 0 Å². The summed E-state index contributed by atoms with van der Waals surface area (Å²) in [7, 11) is 0. The SMILES string of the molecule is CCONC(=O)[C@@H]1CCCO[C@H]1c1ccccc1. The summed E-state index contributed by atoms with van der Waals surface area (Å²) in [5.41, 5.74) is 3.53. The first-order valence-corrected chi connectivity index (χ1v) is 6.41. The van der Waals surface area contributed by atoms with Crippen LogP contribution in [-0.4, -0.2) is 19.1 Å². The minimum Gasteiger partial charge on any atom is -0.373 e. The van der Waals surface area contributed by atoms with Crippen LogP contribution in [0.3, 0.4) is 0 Å². The molecule has 1 N–H and O–H groups in total. The summed E-state index contributed by atoms with van der Waals surface area (Å²) in [5, 5.41) is 0. The number of amides is 1. The van der Waals surface area contributed by atoms with Crippen molar-refractivity contribution in [2.75, 3.05) is 13.2 Å². The van der Waals surface area contributed by atoms with Crippen molar-refractivity contribution in [1.29, 1.82) is 0 Å². The van der Waals surface area contributed by atoms with Crippen molar-refractivity contribution < 1.29 is 14.4 Å². The van der Waals surface area contributed by atoms with E-state index in [0.717, 1.165) is 18.4 Å². The van der Waals surface area contributed by atoms with Gasteiger partial charge in [0, 0.05) is 6.61 Å². The molecule has 1 aromatic carbocycles. The van der Waals surface area contributed by atoms with Crippen LogP contribution in [0.1, 0.15) is 31.4 Å². The molecule has 0 aromatic heterocycles. The Morgan fingerprint density at radius 2 is 2.22 bits per heavy atom. The monoisotopic (exact) mass is 249 g/mol. The number of nitrogens with one attached hydrogen (secondary N) is 1. The molecular weight excluding hydrogens is 230 g/mol. The van der Waals surface area contributed by atoms with Crippen LogP contribution in [0.15, 0.2) is 30.3 Å². The fraction of sp³-hybridized carbons (Fsp3) is 0.500. The first-order chi connectivity index (χ1) is 8.83. The van der Waals surface area contributed by atoms with Gasteiger partial charge in [0.2, 0.25) is 5.91 Å². The molecule has 4 heteroatoms. The Morgan fingerprint density at radius 3 is 2.94 bits per heavy atom. The second kappa shape index (κ2) is 6.52. The van der Waals surface area contributed by atoms with Crippen LogP contribution >= 0.6 is 0 Å². The van der Waals surface area contributed by atoms with Gasteiger partial charge in [0.15, 0.2) is 0 Å². The highest BCUT2D eigenvalue weighted by Gasteiger charge is 2.33. The molecule has 2 atom stereocenters. The summed E-state index contributed by atoms with van der Waals surface area (Å²) in [6.07, 6.45) is 1.58. The number of carbonyl (C=O) groups is 1. The zero-order valence-electron chi connectivity index (χ0n) is 10.6. The third-order valence-corrected chi connectivity index (χ3v) is 3.10. The molecule has 98 valence electrons. The largest absolute Gasteiger partial charge is 0.373 e. The van der Waals surface area contributed by atoms with Gasteiger partial charge in [0.1, 0.15) is 0 Å². The average Bonchev–Trinajstić information content (AvgIpc) is 2.45. The van der Waals surface area contributed by atoms with Crippen LogP contribution in [-0.2, 0) is 14.4 Å². The summed E-state index contributed by atoms with van der Waals surface area (Å²) in [5.74, 6) is -0.266. The topological polar surface area (TPSA) is 47.6 Å². The van der Waals surface area contributed by atoms with Crippen LogP contribution in [0.5, 0.6) is 0 Å². The Hall–Kier alpha value is -1.39. The van der Waals surface area contributed by atoms with Crippen LogP contribution in [0.25, 0.3) is 0 Å². The van der Waals surface area contributed by atoms with E-state index in [1.54, 1.807) is 0 Å². The maximum atomic E-state index is 12.0. The Kier molecular flexibility index (Phi) is 4.73. The number of hydrogen-bond donors (Lipinski definition) is 1. The minimum absolute atomic E-state index is 0.0922. The molecule has 1 aliphatic heterocycles. The molecule has 1 aliphatic rings. The summed E-state index contributed by atoms with van der Waals surface area (Å²) < 4.78 is 5.76. The lowest BCUT2D eigenvalue weighted by molar-refractivity contribution is -0.147. The highest BCUT2D eigenvalue weighted by atomic mass is 16.6. The van der Waals surface area contributed by atoms with E-state index in [-0.39, 0.29) is 17.9 Å². The van der Waals surface area contributed by atoms with Crippen molar-refractivity contribution in [1.82, 2.24) is 5.48 Å². The lowest BCUT2D eigenvalue weighted by Gasteiger charge is -2.30. The van der Waals surface area contributed by atoms with Crippen LogP contribution < -0.4 is 5.48 Å². The Morgan fingerprint density at radius 1 is 1.44 bits per heavy atom. The van der Waals surface area contributed by atoms with Gasteiger partial charge in [-0.15, -0.1) is 0 Å². The maximum Gasteiger partial charge on any atom is 0.249 e. The minimum atomic E-state index is -0.173. The lowest BCUT2D eigenvalue weighted by atomic mass is 9.89. The van der Waals surface area contributed by atoms with Gasteiger partial charge in [0.05, 0.1) is 18.6 Å². The predicted octanol–water partition coefficient (Wildman–Crippen LogP) is 2.22. The van der Waals surface area contributed by atoms with Crippen LogP contribution in [0.2, 0.25) is 0 Å². The van der Waals surface area contributed by atoms with E-state index in [1.165, 1.54) is 0 Å². The summed E-state index contributed by atoms with van der Waals surface area (Å²) in [4.78, 5) is 17.0. The zero-order chi connectivity index (χ0) is 12.8. The fourth-order valence-electron chi connectivity index (χ4n) is 2.24. The van der Waals surface area contributed by atoms with Crippen molar-refractivity contribution in [2.24, 2.45) is 5.92 Å². The van der Waals surface area contributed by atoms with Crippen molar-refractivity contribution >= 4 is 5.91 Å². The van der Waals surface area contributed by atoms with Crippen molar-refractivity contribution in [3.8, 4) is 0 Å². The van der Waals surface area contributed by atoms with Gasteiger partial charge in [-0.3, -0.25) is 9.63 Å². The smallest absolute Gasteiger partial charge is 0.249 e. The molecule has 4 nitrogen and oxygen atoms in total. The number of ether oxygens (including phenoxy) is 1. The molecule has 18 heavy (non-hydrogen) atoms. The van der Waals surface area contributed by atoms with Crippen LogP contribution in [0.4, 0.5) is 0 Å². The average molecular weight is 249 g/mol. The van der Waals surface area contributed by atoms with E-state index < -0.39 is 0 Å². The number of hydrogen-bond acceptors (Lipinski definition) is 3. The first kappa shape index (κ1) is 13.1. The van der Waals surface area contributed by atoms with Gasteiger partial charge in [0.25, 0.3) is 0 Å². The highest BCUT2D eigenvalue weighted by molar-refractivity contribution is 5.78. The zero-order valence-corrected chi connectivity index (χ0v) is 10.6. The third-order valence-electron chi connectivity index (χ3n) is 3.10. The Bertz CT molecular complexity index is 380. The third kappa shape index (κ3) is 3.09. The molecule has 1 saturated heterocycles. The first-order valence-electron chi connectivity index (χ1n) is 6.41. The molecule has 2 rings (SSSR count). The standard InChI is InChI=1S/C14H19NO3/c1-2-18-15-14(16)12-9-6-10-17-13(12)11-7-4-3-5-8-11/h3-5,7-8,12-13H,2,6,9-10H2,1H3,(H,15,16)/t12-,13+/m1/s1. The van der Waals surface area contributed by atoms with Crippen LogP contribution in [0, 0.1) is 5.92 Å². The molecule has 0 radical (unpaired) electrons. The van der Waals surface area contributed by atoms with Gasteiger partial charge in [-0.1, -0.05) is 30.3 Å². The fourth-order valence-corrected chi connectivity index (χ4v) is 2.24. The lowest BCUT2D eigenvalue weighted by Crippen LogP contribution is -2.37. The summed E-state index contributed by atoms with van der Waals surface area (Å²) in [6, 6.07) is 9.88.